The monoisotopic (exact) mass is 331 g/mol. The number of anilines is 1. The zero-order valence-corrected chi connectivity index (χ0v) is 13.7. The van der Waals surface area contributed by atoms with E-state index < -0.39 is 0 Å². The van der Waals surface area contributed by atoms with Gasteiger partial charge in [-0.05, 0) is 23.4 Å². The number of hydrogen-bond donors (Lipinski definition) is 2. The lowest BCUT2D eigenvalue weighted by atomic mass is 9.87. The number of carbonyl (C=O) groups is 1. The van der Waals surface area contributed by atoms with E-state index in [-0.39, 0.29) is 29.6 Å². The summed E-state index contributed by atoms with van der Waals surface area (Å²) in [6, 6.07) is 6.58. The van der Waals surface area contributed by atoms with Gasteiger partial charge in [0.25, 0.3) is 5.56 Å². The van der Waals surface area contributed by atoms with Gasteiger partial charge in [0, 0.05) is 19.4 Å². The fourth-order valence-electron chi connectivity index (χ4n) is 2.78. The Morgan fingerprint density at radius 3 is 2.70 bits per heavy atom. The highest BCUT2D eigenvalue weighted by molar-refractivity contribution is 7.99. The first-order chi connectivity index (χ1) is 11.0. The van der Waals surface area contributed by atoms with E-state index in [1.54, 1.807) is 35.9 Å². The third-order valence-electron chi connectivity index (χ3n) is 3.87. The molecule has 1 aliphatic heterocycles. The standard InChI is InChI=1S/C16H17N3O3S/c1-3-23-16-18-15(22)13-11(9-4-6-10(20)7-5-9)8-12(21)17-14(13)19(16)2/h4-7,11,20H,3,8H2,1-2H3,(H,17,21). The second-order valence-corrected chi connectivity index (χ2v) is 6.58. The second kappa shape index (κ2) is 6.08. The molecule has 2 aromatic rings. The fraction of sp³-hybridized carbons (Fsp3) is 0.312. The molecule has 7 heteroatoms. The van der Waals surface area contributed by atoms with Gasteiger partial charge in [0.15, 0.2) is 5.16 Å². The molecule has 120 valence electrons. The van der Waals surface area contributed by atoms with Crippen molar-refractivity contribution in [3.8, 4) is 5.75 Å². The number of thioether (sulfide) groups is 1. The van der Waals surface area contributed by atoms with E-state index in [4.69, 9.17) is 0 Å². The number of carbonyl (C=O) groups excluding carboxylic acids is 1. The largest absolute Gasteiger partial charge is 0.508 e. The number of fused-ring (bicyclic) bond motifs is 1. The molecule has 1 atom stereocenters. The highest BCUT2D eigenvalue weighted by Gasteiger charge is 2.31. The SMILES string of the molecule is CCSc1nc(=O)c2c(n1C)NC(=O)CC2c1ccc(O)cc1. The molecule has 0 bridgehead atoms. The molecular formula is C16H17N3O3S. The van der Waals surface area contributed by atoms with Crippen LogP contribution in [-0.4, -0.2) is 26.3 Å². The molecule has 2 heterocycles. The van der Waals surface area contributed by atoms with Crippen molar-refractivity contribution in [2.75, 3.05) is 11.1 Å². The lowest BCUT2D eigenvalue weighted by Gasteiger charge is -2.27. The summed E-state index contributed by atoms with van der Waals surface area (Å²) in [5.41, 5.74) is 0.999. The van der Waals surface area contributed by atoms with Crippen molar-refractivity contribution in [1.29, 1.82) is 0 Å². The summed E-state index contributed by atoms with van der Waals surface area (Å²) in [7, 11) is 1.79. The van der Waals surface area contributed by atoms with Crippen molar-refractivity contribution in [2.45, 2.75) is 24.4 Å². The van der Waals surface area contributed by atoms with Gasteiger partial charge in [-0.15, -0.1) is 0 Å². The summed E-state index contributed by atoms with van der Waals surface area (Å²) in [5.74, 6) is 0.953. The van der Waals surface area contributed by atoms with Crippen LogP contribution in [0.15, 0.2) is 34.2 Å². The molecule has 3 rings (SSSR count). The lowest BCUT2D eigenvalue weighted by molar-refractivity contribution is -0.116. The molecule has 0 fully saturated rings. The maximum Gasteiger partial charge on any atom is 0.279 e. The van der Waals surface area contributed by atoms with Gasteiger partial charge in [-0.3, -0.25) is 9.59 Å². The Balaban J connectivity index is 2.18. The van der Waals surface area contributed by atoms with Gasteiger partial charge in [0.05, 0.1) is 5.56 Å². The van der Waals surface area contributed by atoms with Crippen LogP contribution >= 0.6 is 11.8 Å². The average molecular weight is 331 g/mol. The van der Waals surface area contributed by atoms with Crippen molar-refractivity contribution < 1.29 is 9.90 Å². The van der Waals surface area contributed by atoms with Crippen LogP contribution in [0.5, 0.6) is 5.75 Å². The van der Waals surface area contributed by atoms with Crippen molar-refractivity contribution in [3.05, 3.63) is 45.7 Å². The van der Waals surface area contributed by atoms with Crippen molar-refractivity contribution in [1.82, 2.24) is 9.55 Å². The van der Waals surface area contributed by atoms with E-state index in [0.717, 1.165) is 11.3 Å². The molecule has 1 aromatic heterocycles. The molecule has 1 aliphatic rings. The molecule has 1 amide bonds. The number of amides is 1. The number of aromatic nitrogens is 2. The minimum atomic E-state index is -0.355. The Labute approximate surface area is 137 Å². The van der Waals surface area contributed by atoms with Crippen LogP contribution < -0.4 is 10.9 Å². The highest BCUT2D eigenvalue weighted by atomic mass is 32.2. The van der Waals surface area contributed by atoms with Gasteiger partial charge in [-0.25, -0.2) is 0 Å². The zero-order valence-electron chi connectivity index (χ0n) is 12.9. The second-order valence-electron chi connectivity index (χ2n) is 5.35. The molecule has 6 nitrogen and oxygen atoms in total. The smallest absolute Gasteiger partial charge is 0.279 e. The third-order valence-corrected chi connectivity index (χ3v) is 4.78. The summed E-state index contributed by atoms with van der Waals surface area (Å²) in [6.07, 6.45) is 0.189. The van der Waals surface area contributed by atoms with Gasteiger partial charge in [0.2, 0.25) is 5.91 Å². The third kappa shape index (κ3) is 2.84. The first-order valence-corrected chi connectivity index (χ1v) is 8.32. The van der Waals surface area contributed by atoms with Gasteiger partial charge >= 0.3 is 0 Å². The van der Waals surface area contributed by atoms with Crippen molar-refractivity contribution in [3.63, 3.8) is 0 Å². The van der Waals surface area contributed by atoms with Gasteiger partial charge in [0.1, 0.15) is 11.6 Å². The van der Waals surface area contributed by atoms with Gasteiger partial charge in [-0.2, -0.15) is 4.98 Å². The van der Waals surface area contributed by atoms with E-state index in [2.05, 4.69) is 10.3 Å². The van der Waals surface area contributed by atoms with E-state index in [1.807, 2.05) is 6.92 Å². The van der Waals surface area contributed by atoms with Crippen LogP contribution in [-0.2, 0) is 11.8 Å². The maximum atomic E-state index is 12.5. The molecule has 23 heavy (non-hydrogen) atoms. The molecule has 1 unspecified atom stereocenters. The van der Waals surface area contributed by atoms with Gasteiger partial charge < -0.3 is 15.0 Å². The fourth-order valence-corrected chi connectivity index (χ4v) is 3.48. The van der Waals surface area contributed by atoms with E-state index >= 15 is 0 Å². The van der Waals surface area contributed by atoms with Crippen LogP contribution in [0.25, 0.3) is 0 Å². The number of hydrogen-bond acceptors (Lipinski definition) is 5. The molecular weight excluding hydrogens is 314 g/mol. The number of benzene rings is 1. The Morgan fingerprint density at radius 1 is 1.35 bits per heavy atom. The minimum Gasteiger partial charge on any atom is -0.508 e. The topological polar surface area (TPSA) is 84.2 Å². The van der Waals surface area contributed by atoms with E-state index in [0.29, 0.717) is 16.5 Å². The zero-order chi connectivity index (χ0) is 16.6. The number of nitrogens with zero attached hydrogens (tertiary/aromatic N) is 2. The molecule has 2 N–H and O–H groups in total. The van der Waals surface area contributed by atoms with Crippen LogP contribution in [0.2, 0.25) is 0 Å². The van der Waals surface area contributed by atoms with Crippen LogP contribution in [0.1, 0.15) is 30.4 Å². The summed E-state index contributed by atoms with van der Waals surface area (Å²) >= 11 is 1.46. The molecule has 0 aliphatic carbocycles. The van der Waals surface area contributed by atoms with Crippen molar-refractivity contribution >= 4 is 23.5 Å². The Morgan fingerprint density at radius 2 is 2.04 bits per heavy atom. The highest BCUT2D eigenvalue weighted by Crippen LogP contribution is 2.36. The number of aromatic hydroxyl groups is 1. The number of phenols is 1. The van der Waals surface area contributed by atoms with Crippen LogP contribution in [0.3, 0.4) is 0 Å². The van der Waals surface area contributed by atoms with Crippen molar-refractivity contribution in [2.24, 2.45) is 7.05 Å². The first kappa shape index (κ1) is 15.6. The maximum absolute atomic E-state index is 12.5. The number of nitrogens with one attached hydrogen (secondary N) is 1. The first-order valence-electron chi connectivity index (χ1n) is 7.33. The predicted molar refractivity (Wildman–Crippen MR) is 89.1 cm³/mol. The summed E-state index contributed by atoms with van der Waals surface area (Å²) in [6.45, 7) is 1.98. The number of phenolic OH excluding ortho intramolecular Hbond substituents is 1. The Kier molecular flexibility index (Phi) is 4.12. The van der Waals surface area contributed by atoms with E-state index in [1.165, 1.54) is 11.8 Å². The average Bonchev–Trinajstić information content (AvgIpc) is 2.52. The molecule has 0 radical (unpaired) electrons. The van der Waals surface area contributed by atoms with Gasteiger partial charge in [-0.1, -0.05) is 30.8 Å². The summed E-state index contributed by atoms with van der Waals surface area (Å²) < 4.78 is 1.76. The normalized spacial score (nSPS) is 16.8. The quantitative estimate of drug-likeness (QED) is 0.664. The predicted octanol–water partition coefficient (Wildman–Crippen LogP) is 2.07. The van der Waals surface area contributed by atoms with Crippen LogP contribution in [0.4, 0.5) is 5.82 Å². The number of rotatable bonds is 3. The van der Waals surface area contributed by atoms with E-state index in [9.17, 15) is 14.7 Å². The molecule has 0 saturated carbocycles. The summed E-state index contributed by atoms with van der Waals surface area (Å²) in [5, 5.41) is 12.8. The molecule has 0 saturated heterocycles. The Hall–Kier alpha value is -2.28. The lowest BCUT2D eigenvalue weighted by Crippen LogP contribution is -2.33. The Bertz CT molecular complexity index is 815. The van der Waals surface area contributed by atoms with Crippen LogP contribution in [0, 0.1) is 0 Å². The summed E-state index contributed by atoms with van der Waals surface area (Å²) in [4.78, 5) is 28.8. The minimum absolute atomic E-state index is 0.135. The molecule has 0 spiro atoms. The molecule has 1 aromatic carbocycles.